The van der Waals surface area contributed by atoms with E-state index < -0.39 is 13.9 Å². The largest absolute Gasteiger partial charge is 0.465 e. The van der Waals surface area contributed by atoms with E-state index in [2.05, 4.69) is 90.8 Å². The molecule has 0 bridgehead atoms. The number of rotatable bonds is 3. The molecule has 5 heteroatoms. The van der Waals surface area contributed by atoms with Crippen LogP contribution in [0.2, 0.25) is 23.2 Å². The van der Waals surface area contributed by atoms with Crippen LogP contribution in [0.3, 0.4) is 0 Å². The molecule has 1 aromatic carbocycles. The molecule has 0 amide bonds. The summed E-state index contributed by atoms with van der Waals surface area (Å²) in [4.78, 5) is 0. The predicted octanol–water partition coefficient (Wildman–Crippen LogP) is 7.00. The highest BCUT2D eigenvalue weighted by Gasteiger charge is 2.43. The Balaban J connectivity index is 0.00000114. The van der Waals surface area contributed by atoms with Crippen LogP contribution >= 0.6 is 12.9 Å². The molecule has 152 valence electrons. The molecule has 27 heavy (non-hydrogen) atoms. The lowest BCUT2D eigenvalue weighted by Crippen LogP contribution is -2.41. The van der Waals surface area contributed by atoms with E-state index in [1.54, 1.807) is 0 Å². The van der Waals surface area contributed by atoms with Gasteiger partial charge in [0.25, 0.3) is 0 Å². The van der Waals surface area contributed by atoms with E-state index in [0.717, 1.165) is 18.4 Å². The summed E-state index contributed by atoms with van der Waals surface area (Å²) in [5.41, 5.74) is 2.63. The minimum atomic E-state index is -1.80. The molecule has 0 saturated heterocycles. The fourth-order valence-corrected chi connectivity index (χ4v) is 4.44. The molecule has 2 atom stereocenters. The normalized spacial score (nSPS) is 19.5. The maximum absolute atomic E-state index is 11.2. The molecule has 1 unspecified atom stereocenters. The third-order valence-corrected chi connectivity index (χ3v) is 10.9. The number of halogens is 1. The summed E-state index contributed by atoms with van der Waals surface area (Å²) in [7, 11) is -1.80. The summed E-state index contributed by atoms with van der Waals surface area (Å²) in [5.74, 6) is 0. The van der Waals surface area contributed by atoms with Crippen molar-refractivity contribution in [3.8, 4) is 0 Å². The average Bonchev–Trinajstić information content (AvgIpc) is 2.88. The fourth-order valence-electron chi connectivity index (χ4n) is 3.13. The van der Waals surface area contributed by atoms with Crippen LogP contribution in [0.1, 0.15) is 77.7 Å². The van der Waals surface area contributed by atoms with Crippen LogP contribution in [0.25, 0.3) is 0 Å². The lowest BCUT2D eigenvalue weighted by atomic mass is 9.72. The maximum Gasteiger partial charge on any atom is 0.465 e. The number of benzene rings is 1. The number of hydrogen-bond acceptors (Lipinski definition) is 2. The first-order valence-electron chi connectivity index (χ1n) is 10.2. The molecule has 0 radical (unpaired) electrons. The SMILES string of the molecule is CC(C)(C)C(C)(O)c1cccc2c1CC[C@@H]2O[Si](C)(C)C(C)(C)C.[CH3][Mg][Br]. The van der Waals surface area contributed by atoms with Gasteiger partial charge in [-0.3, -0.25) is 0 Å². The summed E-state index contributed by atoms with van der Waals surface area (Å²) in [6, 6.07) is 6.38. The van der Waals surface area contributed by atoms with E-state index in [0.29, 0.717) is 0 Å². The molecule has 0 spiro atoms. The van der Waals surface area contributed by atoms with Crippen LogP contribution in [-0.2, 0) is 16.4 Å². The molecule has 2 nitrogen and oxygen atoms in total. The first kappa shape index (κ1) is 25.6. The quantitative estimate of drug-likeness (QED) is 0.485. The molecular formula is C22H39BrMgO2Si. The Morgan fingerprint density at radius 1 is 1.11 bits per heavy atom. The van der Waals surface area contributed by atoms with E-state index in [9.17, 15) is 5.11 Å². The molecule has 0 saturated carbocycles. The first-order chi connectivity index (χ1) is 12.1. The van der Waals surface area contributed by atoms with Crippen molar-refractivity contribution in [2.24, 2.45) is 5.41 Å². The molecule has 0 aromatic heterocycles. The highest BCUT2D eigenvalue weighted by atomic mass is 79.9. The van der Waals surface area contributed by atoms with Gasteiger partial charge in [-0.25, -0.2) is 0 Å². The van der Waals surface area contributed by atoms with Gasteiger partial charge in [-0.05, 0) is 60.0 Å². The summed E-state index contributed by atoms with van der Waals surface area (Å²) in [5, 5.41) is 13.6. The van der Waals surface area contributed by atoms with E-state index in [4.69, 9.17) is 4.43 Å². The monoisotopic (exact) mass is 466 g/mol. The van der Waals surface area contributed by atoms with Crippen molar-refractivity contribution >= 4 is 39.4 Å². The van der Waals surface area contributed by atoms with Gasteiger partial charge in [-0.1, -0.05) is 59.7 Å². The second-order valence-electron chi connectivity index (χ2n) is 10.4. The highest BCUT2D eigenvalue weighted by Crippen LogP contribution is 2.47. The van der Waals surface area contributed by atoms with Gasteiger partial charge >= 0.3 is 18.2 Å². The molecule has 2 rings (SSSR count). The summed E-state index contributed by atoms with van der Waals surface area (Å²) in [6.07, 6.45) is 2.20. The van der Waals surface area contributed by atoms with Crippen molar-refractivity contribution in [2.75, 3.05) is 0 Å². The molecule has 1 aliphatic rings. The van der Waals surface area contributed by atoms with Crippen molar-refractivity contribution in [3.05, 3.63) is 34.9 Å². The van der Waals surface area contributed by atoms with Gasteiger partial charge < -0.3 is 22.4 Å². The minimum absolute atomic E-state index is 0.177. The van der Waals surface area contributed by atoms with Crippen molar-refractivity contribution in [3.63, 3.8) is 0 Å². The lowest BCUT2D eigenvalue weighted by Gasteiger charge is -2.40. The molecular weight excluding hydrogens is 429 g/mol. The molecule has 1 N–H and O–H groups in total. The van der Waals surface area contributed by atoms with Crippen molar-refractivity contribution < 1.29 is 9.53 Å². The summed E-state index contributed by atoms with van der Waals surface area (Å²) in [6.45, 7) is 19.8. The van der Waals surface area contributed by atoms with Crippen LogP contribution in [0.4, 0.5) is 0 Å². The Bertz CT molecular complexity index is 630. The Morgan fingerprint density at radius 3 is 2.07 bits per heavy atom. The third kappa shape index (κ3) is 5.82. The second-order valence-corrected chi connectivity index (χ2v) is 19.0. The van der Waals surface area contributed by atoms with Gasteiger partial charge in [0, 0.05) is 0 Å². The minimum Gasteiger partial charge on any atom is -0.410 e. The zero-order valence-corrected chi connectivity index (χ0v) is 23.2. The van der Waals surface area contributed by atoms with Crippen molar-refractivity contribution in [1.29, 1.82) is 0 Å². The van der Waals surface area contributed by atoms with E-state index in [1.807, 2.05) is 6.92 Å². The molecule has 0 aliphatic heterocycles. The highest BCUT2D eigenvalue weighted by molar-refractivity contribution is 9.23. The van der Waals surface area contributed by atoms with Crippen molar-refractivity contribution in [1.82, 2.24) is 0 Å². The van der Waals surface area contributed by atoms with Crippen LogP contribution in [0.5, 0.6) is 0 Å². The topological polar surface area (TPSA) is 29.5 Å². The first-order valence-corrected chi connectivity index (χ1v) is 18.4. The Hall–Kier alpha value is 0.603. The van der Waals surface area contributed by atoms with E-state index >= 15 is 0 Å². The van der Waals surface area contributed by atoms with Gasteiger partial charge in [0.15, 0.2) is 8.32 Å². The Kier molecular flexibility index (Phi) is 8.71. The van der Waals surface area contributed by atoms with Crippen LogP contribution in [0, 0.1) is 5.41 Å². The van der Waals surface area contributed by atoms with Gasteiger partial charge in [0.2, 0.25) is 0 Å². The van der Waals surface area contributed by atoms with E-state index in [-0.39, 0.29) is 34.7 Å². The van der Waals surface area contributed by atoms with Gasteiger partial charge in [-0.15, -0.1) is 5.05 Å². The fraction of sp³-hybridized carbons (Fsp3) is 0.727. The van der Waals surface area contributed by atoms with Crippen LogP contribution < -0.4 is 0 Å². The third-order valence-electron chi connectivity index (χ3n) is 6.44. The van der Waals surface area contributed by atoms with Gasteiger partial charge in [0.05, 0.1) is 11.7 Å². The van der Waals surface area contributed by atoms with Gasteiger partial charge in [-0.2, -0.15) is 0 Å². The van der Waals surface area contributed by atoms with Crippen LogP contribution in [0.15, 0.2) is 18.2 Å². The van der Waals surface area contributed by atoms with E-state index in [1.165, 1.54) is 11.1 Å². The number of hydrogen-bond donors (Lipinski definition) is 1. The Labute approximate surface area is 184 Å². The standard InChI is InChI=1S/C21H36O2Si.CH3.BrH.Mg/c1-19(2,3)21(7,22)17-12-10-11-16-15(17)13-14-18(16)23-24(8,9)20(4,5)6;;;/h10-12,18,22H,13-14H2,1-9H3;1H3;1H;/q;;;+1/p-1/t18-,21?;;;/m0.../s1. The van der Waals surface area contributed by atoms with Crippen LogP contribution in [-0.4, -0.2) is 31.6 Å². The molecule has 0 fully saturated rings. The zero-order chi connectivity index (χ0) is 21.3. The smallest absolute Gasteiger partial charge is 0.410 e. The van der Waals surface area contributed by atoms with Gasteiger partial charge in [0.1, 0.15) is 0 Å². The number of aliphatic hydroxyl groups is 1. The average molecular weight is 468 g/mol. The zero-order valence-electron chi connectivity index (χ0n) is 19.2. The molecule has 0 heterocycles. The van der Waals surface area contributed by atoms with Crippen molar-refractivity contribution in [2.45, 2.75) is 96.2 Å². The number of fused-ring (bicyclic) bond motifs is 1. The molecule has 1 aliphatic carbocycles. The maximum atomic E-state index is 11.2. The lowest BCUT2D eigenvalue weighted by molar-refractivity contribution is -0.0476. The summed E-state index contributed by atoms with van der Waals surface area (Å²) < 4.78 is 6.70. The second kappa shape index (κ2) is 9.17. The predicted molar refractivity (Wildman–Crippen MR) is 125 cm³/mol. The Morgan fingerprint density at radius 2 is 1.63 bits per heavy atom. The summed E-state index contributed by atoms with van der Waals surface area (Å²) >= 11 is 3.51. The molecule has 1 aromatic rings.